The van der Waals surface area contributed by atoms with Gasteiger partial charge in [0.2, 0.25) is 0 Å². The van der Waals surface area contributed by atoms with Crippen molar-refractivity contribution in [3.8, 4) is 0 Å². The van der Waals surface area contributed by atoms with Gasteiger partial charge < -0.3 is 14.8 Å². The van der Waals surface area contributed by atoms with Crippen LogP contribution in [0, 0.1) is 5.92 Å². The molecule has 1 aliphatic heterocycles. The van der Waals surface area contributed by atoms with Crippen molar-refractivity contribution in [2.45, 2.75) is 25.4 Å². The fourth-order valence-corrected chi connectivity index (χ4v) is 3.21. The number of rotatable bonds is 6. The predicted octanol–water partition coefficient (Wildman–Crippen LogP) is 1.41. The zero-order chi connectivity index (χ0) is 13.9. The molecule has 1 saturated heterocycles. The standard InChI is InChI=1S/C16H28N4/c1-17-16(14-3-4-14)15-5-6-20(13-15)12-11-19-9-7-18(2)8-10-19/h5-6,13-14,16-17H,3-4,7-12H2,1-2H3. The maximum Gasteiger partial charge on any atom is 0.0361 e. The number of aromatic nitrogens is 1. The molecule has 2 heterocycles. The van der Waals surface area contributed by atoms with E-state index in [0.29, 0.717) is 6.04 Å². The lowest BCUT2D eigenvalue weighted by molar-refractivity contribution is 0.150. The molecule has 1 saturated carbocycles. The summed E-state index contributed by atoms with van der Waals surface area (Å²) in [7, 11) is 4.30. The summed E-state index contributed by atoms with van der Waals surface area (Å²) in [5, 5.41) is 3.47. The molecule has 1 aromatic rings. The lowest BCUT2D eigenvalue weighted by atomic mass is 10.1. The largest absolute Gasteiger partial charge is 0.353 e. The van der Waals surface area contributed by atoms with Crippen molar-refractivity contribution < 1.29 is 0 Å². The second-order valence-electron chi connectivity index (χ2n) is 6.43. The van der Waals surface area contributed by atoms with E-state index in [0.717, 1.165) is 12.5 Å². The number of hydrogen-bond donors (Lipinski definition) is 1. The second-order valence-corrected chi connectivity index (χ2v) is 6.43. The third-order valence-corrected chi connectivity index (χ3v) is 4.81. The second kappa shape index (κ2) is 6.29. The Morgan fingerprint density at radius 3 is 2.60 bits per heavy atom. The minimum Gasteiger partial charge on any atom is -0.353 e. The molecule has 1 N–H and O–H groups in total. The van der Waals surface area contributed by atoms with Gasteiger partial charge in [-0.3, -0.25) is 4.90 Å². The van der Waals surface area contributed by atoms with E-state index in [4.69, 9.17) is 0 Å². The van der Waals surface area contributed by atoms with Gasteiger partial charge in [-0.15, -0.1) is 0 Å². The average Bonchev–Trinajstić information content (AvgIpc) is 3.18. The Labute approximate surface area is 122 Å². The van der Waals surface area contributed by atoms with E-state index in [1.165, 1.54) is 51.1 Å². The number of likely N-dealkylation sites (N-methyl/N-ethyl adjacent to an activating group) is 1. The summed E-state index contributed by atoms with van der Waals surface area (Å²) < 4.78 is 2.36. The average molecular weight is 276 g/mol. The molecule has 112 valence electrons. The molecule has 0 spiro atoms. The molecule has 1 atom stereocenters. The van der Waals surface area contributed by atoms with E-state index in [9.17, 15) is 0 Å². The van der Waals surface area contributed by atoms with Crippen molar-refractivity contribution in [3.05, 3.63) is 24.0 Å². The molecular formula is C16H28N4. The highest BCUT2D eigenvalue weighted by molar-refractivity contribution is 5.18. The van der Waals surface area contributed by atoms with Crippen LogP contribution in [0.3, 0.4) is 0 Å². The van der Waals surface area contributed by atoms with Crippen LogP contribution in [0.15, 0.2) is 18.5 Å². The van der Waals surface area contributed by atoms with Crippen LogP contribution in [-0.2, 0) is 6.54 Å². The van der Waals surface area contributed by atoms with Gasteiger partial charge in [-0.1, -0.05) is 0 Å². The summed E-state index contributed by atoms with van der Waals surface area (Å²) >= 11 is 0. The Hall–Kier alpha value is -0.840. The van der Waals surface area contributed by atoms with Gasteiger partial charge in [-0.2, -0.15) is 0 Å². The normalized spacial score (nSPS) is 23.1. The SMILES string of the molecule is CNC(c1ccn(CCN2CCN(C)CC2)c1)C1CC1. The minimum absolute atomic E-state index is 0.569. The van der Waals surface area contributed by atoms with Crippen molar-refractivity contribution in [1.29, 1.82) is 0 Å². The van der Waals surface area contributed by atoms with Crippen molar-refractivity contribution in [3.63, 3.8) is 0 Å². The van der Waals surface area contributed by atoms with Crippen LogP contribution >= 0.6 is 0 Å². The van der Waals surface area contributed by atoms with E-state index in [1.807, 2.05) is 0 Å². The van der Waals surface area contributed by atoms with E-state index in [-0.39, 0.29) is 0 Å². The molecule has 1 aromatic heterocycles. The van der Waals surface area contributed by atoms with Gasteiger partial charge in [-0.25, -0.2) is 0 Å². The first-order valence-electron chi connectivity index (χ1n) is 8.00. The lowest BCUT2D eigenvalue weighted by Crippen LogP contribution is -2.45. The maximum atomic E-state index is 3.47. The van der Waals surface area contributed by atoms with Crippen LogP contribution in [0.25, 0.3) is 0 Å². The summed E-state index contributed by atoms with van der Waals surface area (Å²) in [5.74, 6) is 0.869. The Kier molecular flexibility index (Phi) is 4.44. The van der Waals surface area contributed by atoms with Crippen LogP contribution < -0.4 is 5.32 Å². The molecule has 2 fully saturated rings. The van der Waals surface area contributed by atoms with E-state index < -0.39 is 0 Å². The molecule has 4 nitrogen and oxygen atoms in total. The molecule has 0 amide bonds. The first-order chi connectivity index (χ1) is 9.76. The van der Waals surface area contributed by atoms with Crippen molar-refractivity contribution >= 4 is 0 Å². The zero-order valence-corrected chi connectivity index (χ0v) is 12.9. The highest BCUT2D eigenvalue weighted by Gasteiger charge is 2.31. The number of nitrogens with zero attached hydrogens (tertiary/aromatic N) is 3. The Morgan fingerprint density at radius 2 is 1.95 bits per heavy atom. The third kappa shape index (κ3) is 3.43. The summed E-state index contributed by atoms with van der Waals surface area (Å²) in [6.07, 6.45) is 7.36. The fourth-order valence-electron chi connectivity index (χ4n) is 3.21. The van der Waals surface area contributed by atoms with Gasteiger partial charge >= 0.3 is 0 Å². The molecule has 1 aliphatic carbocycles. The molecular weight excluding hydrogens is 248 g/mol. The van der Waals surface area contributed by atoms with Gasteiger partial charge in [0.05, 0.1) is 0 Å². The molecule has 4 heteroatoms. The Morgan fingerprint density at radius 1 is 1.20 bits per heavy atom. The highest BCUT2D eigenvalue weighted by atomic mass is 15.2. The van der Waals surface area contributed by atoms with E-state index in [1.54, 1.807) is 0 Å². The van der Waals surface area contributed by atoms with E-state index in [2.05, 4.69) is 52.2 Å². The number of nitrogens with one attached hydrogen (secondary N) is 1. The Balaban J connectivity index is 1.49. The zero-order valence-electron chi connectivity index (χ0n) is 12.9. The molecule has 0 aromatic carbocycles. The number of hydrogen-bond acceptors (Lipinski definition) is 3. The van der Waals surface area contributed by atoms with Crippen molar-refractivity contribution in [2.24, 2.45) is 5.92 Å². The molecule has 20 heavy (non-hydrogen) atoms. The van der Waals surface area contributed by atoms with Crippen LogP contribution in [0.2, 0.25) is 0 Å². The van der Waals surface area contributed by atoms with Gasteiger partial charge in [0.25, 0.3) is 0 Å². The van der Waals surface area contributed by atoms with Crippen LogP contribution in [-0.4, -0.2) is 61.2 Å². The van der Waals surface area contributed by atoms with Crippen LogP contribution in [0.1, 0.15) is 24.4 Å². The molecule has 0 bridgehead atoms. The molecule has 3 rings (SSSR count). The van der Waals surface area contributed by atoms with Gasteiger partial charge in [0.1, 0.15) is 0 Å². The first kappa shape index (κ1) is 14.1. The van der Waals surface area contributed by atoms with Gasteiger partial charge in [0, 0.05) is 57.7 Å². The summed E-state index contributed by atoms with van der Waals surface area (Å²) in [4.78, 5) is 4.99. The maximum absolute atomic E-state index is 3.47. The third-order valence-electron chi connectivity index (χ3n) is 4.81. The van der Waals surface area contributed by atoms with Gasteiger partial charge in [-0.05, 0) is 44.5 Å². The predicted molar refractivity (Wildman–Crippen MR) is 82.9 cm³/mol. The van der Waals surface area contributed by atoms with Crippen molar-refractivity contribution in [1.82, 2.24) is 19.7 Å². The summed E-state index contributed by atoms with van der Waals surface area (Å²) in [6, 6.07) is 2.86. The quantitative estimate of drug-likeness (QED) is 0.850. The molecule has 0 radical (unpaired) electrons. The lowest BCUT2D eigenvalue weighted by Gasteiger charge is -2.32. The van der Waals surface area contributed by atoms with Crippen LogP contribution in [0.5, 0.6) is 0 Å². The first-order valence-corrected chi connectivity index (χ1v) is 8.00. The monoisotopic (exact) mass is 276 g/mol. The molecule has 1 unspecified atom stereocenters. The fraction of sp³-hybridized carbons (Fsp3) is 0.750. The van der Waals surface area contributed by atoms with Gasteiger partial charge in [0.15, 0.2) is 0 Å². The summed E-state index contributed by atoms with van der Waals surface area (Å²) in [6.45, 7) is 7.14. The smallest absolute Gasteiger partial charge is 0.0361 e. The number of piperazine rings is 1. The highest BCUT2D eigenvalue weighted by Crippen LogP contribution is 2.40. The topological polar surface area (TPSA) is 23.4 Å². The van der Waals surface area contributed by atoms with Crippen molar-refractivity contribution in [2.75, 3.05) is 46.8 Å². The minimum atomic E-state index is 0.569. The summed E-state index contributed by atoms with van der Waals surface area (Å²) in [5.41, 5.74) is 1.47. The Bertz CT molecular complexity index is 416. The van der Waals surface area contributed by atoms with E-state index >= 15 is 0 Å². The van der Waals surface area contributed by atoms with Crippen LogP contribution in [0.4, 0.5) is 0 Å². The molecule has 2 aliphatic rings.